The summed E-state index contributed by atoms with van der Waals surface area (Å²) in [5, 5.41) is 8.01. The van der Waals surface area contributed by atoms with Gasteiger partial charge >= 0.3 is 0 Å². The first kappa shape index (κ1) is 14.6. The second-order valence-corrected chi connectivity index (χ2v) is 5.55. The maximum absolute atomic E-state index is 5.57. The van der Waals surface area contributed by atoms with Crippen molar-refractivity contribution in [3.05, 3.63) is 36.2 Å². The number of thiocarbonyl (C=S) groups is 1. The van der Waals surface area contributed by atoms with Gasteiger partial charge in [-0.15, -0.1) is 0 Å². The zero-order chi connectivity index (χ0) is 15.5. The highest BCUT2D eigenvalue weighted by Crippen LogP contribution is 2.32. The minimum atomic E-state index is 0.571. The first-order valence-electron chi connectivity index (χ1n) is 7.01. The van der Waals surface area contributed by atoms with Crippen LogP contribution in [0.4, 0.5) is 5.69 Å². The number of aromatic nitrogens is 2. The van der Waals surface area contributed by atoms with Crippen molar-refractivity contribution in [3.63, 3.8) is 0 Å². The van der Waals surface area contributed by atoms with E-state index in [2.05, 4.69) is 10.4 Å². The fourth-order valence-corrected chi connectivity index (χ4v) is 2.42. The summed E-state index contributed by atoms with van der Waals surface area (Å²) in [4.78, 5) is 1.96. The van der Waals surface area contributed by atoms with Gasteiger partial charge in [-0.1, -0.05) is 0 Å². The first-order valence-corrected chi connectivity index (χ1v) is 7.42. The molecule has 1 aromatic heterocycles. The van der Waals surface area contributed by atoms with Gasteiger partial charge in [0.1, 0.15) is 13.2 Å². The molecule has 0 atom stereocenters. The molecule has 1 aliphatic rings. The van der Waals surface area contributed by atoms with Crippen LogP contribution < -0.4 is 14.8 Å². The van der Waals surface area contributed by atoms with Crippen LogP contribution in [0.3, 0.4) is 0 Å². The summed E-state index contributed by atoms with van der Waals surface area (Å²) in [6.07, 6.45) is 3.81. The van der Waals surface area contributed by atoms with E-state index in [-0.39, 0.29) is 0 Å². The van der Waals surface area contributed by atoms with Gasteiger partial charge in [0.2, 0.25) is 0 Å². The number of benzene rings is 1. The SMILES string of the molecule is CN(Cc1cnn(C)c1)C(=S)Nc1ccc2c(c1)OCCO2. The lowest BCUT2D eigenvalue weighted by atomic mass is 10.2. The third kappa shape index (κ3) is 3.30. The zero-order valence-electron chi connectivity index (χ0n) is 12.6. The number of ether oxygens (including phenoxy) is 2. The fourth-order valence-electron chi connectivity index (χ4n) is 2.24. The van der Waals surface area contributed by atoms with Crippen LogP contribution in [0.2, 0.25) is 0 Å². The van der Waals surface area contributed by atoms with E-state index in [1.807, 2.05) is 49.6 Å². The Balaban J connectivity index is 1.63. The van der Waals surface area contributed by atoms with Crippen molar-refractivity contribution in [1.29, 1.82) is 0 Å². The van der Waals surface area contributed by atoms with Gasteiger partial charge in [0, 0.05) is 44.2 Å². The predicted molar refractivity (Wildman–Crippen MR) is 88.3 cm³/mol. The van der Waals surface area contributed by atoms with E-state index in [1.165, 1.54) is 0 Å². The third-order valence-corrected chi connectivity index (χ3v) is 3.73. The predicted octanol–water partition coefficient (Wildman–Crippen LogP) is 2.02. The van der Waals surface area contributed by atoms with Gasteiger partial charge in [-0.2, -0.15) is 5.10 Å². The number of nitrogens with zero attached hydrogens (tertiary/aromatic N) is 3. The number of aryl methyl sites for hydroxylation is 1. The molecule has 2 aromatic rings. The molecule has 2 heterocycles. The minimum absolute atomic E-state index is 0.571. The van der Waals surface area contributed by atoms with E-state index in [0.29, 0.717) is 24.9 Å². The number of fused-ring (bicyclic) bond motifs is 1. The molecule has 0 saturated heterocycles. The Morgan fingerprint density at radius 3 is 2.86 bits per heavy atom. The van der Waals surface area contributed by atoms with Gasteiger partial charge in [0.15, 0.2) is 16.6 Å². The molecule has 116 valence electrons. The quantitative estimate of drug-likeness (QED) is 0.874. The van der Waals surface area contributed by atoms with Crippen molar-refractivity contribution in [2.75, 3.05) is 25.6 Å². The van der Waals surface area contributed by atoms with Gasteiger partial charge in [-0.05, 0) is 24.4 Å². The Bertz CT molecular complexity index is 686. The maximum Gasteiger partial charge on any atom is 0.173 e. The zero-order valence-corrected chi connectivity index (χ0v) is 13.4. The van der Waals surface area contributed by atoms with E-state index in [0.717, 1.165) is 22.7 Å². The molecule has 1 aromatic carbocycles. The number of hydrogen-bond acceptors (Lipinski definition) is 4. The largest absolute Gasteiger partial charge is 0.486 e. The Morgan fingerprint density at radius 2 is 2.14 bits per heavy atom. The molecule has 7 heteroatoms. The van der Waals surface area contributed by atoms with Crippen LogP contribution in [0.5, 0.6) is 11.5 Å². The van der Waals surface area contributed by atoms with E-state index < -0.39 is 0 Å². The van der Waals surface area contributed by atoms with Crippen LogP contribution in [0, 0.1) is 0 Å². The minimum Gasteiger partial charge on any atom is -0.486 e. The van der Waals surface area contributed by atoms with E-state index in [1.54, 1.807) is 4.68 Å². The van der Waals surface area contributed by atoms with Gasteiger partial charge in [-0.3, -0.25) is 4.68 Å². The topological polar surface area (TPSA) is 51.6 Å². The summed E-state index contributed by atoms with van der Waals surface area (Å²) in [7, 11) is 3.84. The second kappa shape index (κ2) is 6.23. The highest BCUT2D eigenvalue weighted by molar-refractivity contribution is 7.80. The van der Waals surface area contributed by atoms with Crippen molar-refractivity contribution < 1.29 is 9.47 Å². The number of hydrogen-bond donors (Lipinski definition) is 1. The van der Waals surface area contributed by atoms with Crippen LogP contribution in [0.25, 0.3) is 0 Å². The normalized spacial score (nSPS) is 12.8. The van der Waals surface area contributed by atoms with Crippen molar-refractivity contribution in [2.45, 2.75) is 6.54 Å². The Morgan fingerprint density at radius 1 is 1.36 bits per heavy atom. The fraction of sp³-hybridized carbons (Fsp3) is 0.333. The summed E-state index contributed by atoms with van der Waals surface area (Å²) >= 11 is 5.43. The summed E-state index contributed by atoms with van der Waals surface area (Å²) in [5.41, 5.74) is 1.99. The third-order valence-electron chi connectivity index (χ3n) is 3.32. The molecule has 0 saturated carbocycles. The molecule has 0 aliphatic carbocycles. The molecular weight excluding hydrogens is 300 g/mol. The molecule has 0 amide bonds. The maximum atomic E-state index is 5.57. The lowest BCUT2D eigenvalue weighted by Gasteiger charge is -2.22. The molecule has 0 unspecified atom stereocenters. The molecule has 0 bridgehead atoms. The average Bonchev–Trinajstić information content (AvgIpc) is 2.92. The molecule has 0 fully saturated rings. The summed E-state index contributed by atoms with van der Waals surface area (Å²) in [6, 6.07) is 5.72. The Labute approximate surface area is 134 Å². The smallest absolute Gasteiger partial charge is 0.173 e. The first-order chi connectivity index (χ1) is 10.6. The number of nitrogens with one attached hydrogen (secondary N) is 1. The molecule has 0 spiro atoms. The standard InChI is InChI=1S/C15H18N4O2S/c1-18(9-11-8-16-19(2)10-11)15(22)17-12-3-4-13-14(7-12)21-6-5-20-13/h3-4,7-8,10H,5-6,9H2,1-2H3,(H,17,22). The molecule has 22 heavy (non-hydrogen) atoms. The van der Waals surface area contributed by atoms with Gasteiger partial charge < -0.3 is 19.7 Å². The number of anilines is 1. The monoisotopic (exact) mass is 318 g/mol. The van der Waals surface area contributed by atoms with Crippen LogP contribution in [-0.4, -0.2) is 40.1 Å². The Hall–Kier alpha value is -2.28. The van der Waals surface area contributed by atoms with E-state index >= 15 is 0 Å². The number of rotatable bonds is 3. The molecule has 0 radical (unpaired) electrons. The van der Waals surface area contributed by atoms with E-state index in [4.69, 9.17) is 21.7 Å². The highest BCUT2D eigenvalue weighted by Gasteiger charge is 2.13. The van der Waals surface area contributed by atoms with Crippen molar-refractivity contribution in [3.8, 4) is 11.5 Å². The van der Waals surface area contributed by atoms with Crippen molar-refractivity contribution >= 4 is 23.0 Å². The second-order valence-electron chi connectivity index (χ2n) is 5.17. The van der Waals surface area contributed by atoms with Gasteiger partial charge in [0.05, 0.1) is 6.20 Å². The summed E-state index contributed by atoms with van der Waals surface area (Å²) in [6.45, 7) is 1.86. The van der Waals surface area contributed by atoms with Crippen molar-refractivity contribution in [2.24, 2.45) is 7.05 Å². The molecule has 1 N–H and O–H groups in total. The van der Waals surface area contributed by atoms with Crippen LogP contribution in [0.1, 0.15) is 5.56 Å². The molecule has 6 nitrogen and oxygen atoms in total. The Kier molecular flexibility index (Phi) is 4.15. The van der Waals surface area contributed by atoms with Gasteiger partial charge in [-0.25, -0.2) is 0 Å². The summed E-state index contributed by atoms with van der Waals surface area (Å²) < 4.78 is 12.9. The molecule has 3 rings (SSSR count). The van der Waals surface area contributed by atoms with Gasteiger partial charge in [0.25, 0.3) is 0 Å². The van der Waals surface area contributed by atoms with Crippen LogP contribution >= 0.6 is 12.2 Å². The summed E-state index contributed by atoms with van der Waals surface area (Å²) in [5.74, 6) is 1.51. The van der Waals surface area contributed by atoms with E-state index in [9.17, 15) is 0 Å². The molecule has 1 aliphatic heterocycles. The van der Waals surface area contributed by atoms with Crippen LogP contribution in [-0.2, 0) is 13.6 Å². The van der Waals surface area contributed by atoms with Crippen molar-refractivity contribution in [1.82, 2.24) is 14.7 Å². The lowest BCUT2D eigenvalue weighted by Crippen LogP contribution is -2.30. The van der Waals surface area contributed by atoms with Crippen LogP contribution in [0.15, 0.2) is 30.6 Å². The average molecular weight is 318 g/mol. The highest BCUT2D eigenvalue weighted by atomic mass is 32.1. The molecular formula is C15H18N4O2S. The lowest BCUT2D eigenvalue weighted by molar-refractivity contribution is 0.171.